The van der Waals surface area contributed by atoms with Crippen LogP contribution in [0.5, 0.6) is 0 Å². The number of anilines is 1. The van der Waals surface area contributed by atoms with E-state index in [1.54, 1.807) is 0 Å². The van der Waals surface area contributed by atoms with E-state index in [0.29, 0.717) is 0 Å². The minimum absolute atomic E-state index is 0.00148. The molecule has 0 saturated heterocycles. The van der Waals surface area contributed by atoms with Crippen molar-refractivity contribution >= 4 is 34.9 Å². The largest absolute Gasteiger partial charge is 0.478 e. The molecule has 0 unspecified atom stereocenters. The topological polar surface area (TPSA) is 127 Å². The smallest absolute Gasteiger partial charge is 0.339 e. The number of aromatic carboxylic acids is 1. The molecule has 2 N–H and O–H groups in total. The van der Waals surface area contributed by atoms with Crippen LogP contribution < -0.4 is 5.32 Å². The zero-order chi connectivity index (χ0) is 16.4. The normalized spacial score (nSPS) is 10.3. The summed E-state index contributed by atoms with van der Waals surface area (Å²) in [5.74, 6) is -2.11. The van der Waals surface area contributed by atoms with Gasteiger partial charge in [-0.2, -0.15) is 5.10 Å². The van der Waals surface area contributed by atoms with Crippen molar-refractivity contribution in [1.29, 1.82) is 0 Å². The molecule has 0 radical (unpaired) electrons. The van der Waals surface area contributed by atoms with Gasteiger partial charge in [-0.25, -0.2) is 4.79 Å². The molecule has 0 aliphatic rings. The number of carboxylic acid groups (broad SMARTS) is 1. The Kier molecular flexibility index (Phi) is 4.08. The average Bonchev–Trinajstić information content (AvgIpc) is 2.83. The highest BCUT2D eigenvalue weighted by Crippen LogP contribution is 2.27. The van der Waals surface area contributed by atoms with Gasteiger partial charge >= 0.3 is 5.97 Å². The van der Waals surface area contributed by atoms with E-state index in [1.807, 2.05) is 0 Å². The van der Waals surface area contributed by atoms with Crippen molar-refractivity contribution in [2.24, 2.45) is 7.05 Å². The number of carbonyl (C=O) groups excluding carboxylic acids is 1. The molecule has 1 aromatic carbocycles. The summed E-state index contributed by atoms with van der Waals surface area (Å²) in [5.41, 5.74) is -0.752. The lowest BCUT2D eigenvalue weighted by Gasteiger charge is -2.08. The molecule has 0 saturated carbocycles. The van der Waals surface area contributed by atoms with E-state index in [1.165, 1.54) is 19.2 Å². The molecule has 1 amide bonds. The highest BCUT2D eigenvalue weighted by Gasteiger charge is 2.22. The number of non-ortho nitro benzene ring substituents is 1. The predicted octanol–water partition coefficient (Wildman–Crippen LogP) is 1.93. The molecule has 0 aliphatic carbocycles. The molecule has 0 bridgehead atoms. The number of nitrogens with one attached hydrogen (secondary N) is 1. The van der Waals surface area contributed by atoms with Gasteiger partial charge in [-0.15, -0.1) is 0 Å². The van der Waals surface area contributed by atoms with E-state index in [-0.39, 0.29) is 27.7 Å². The van der Waals surface area contributed by atoms with Gasteiger partial charge in [0.2, 0.25) is 0 Å². The summed E-state index contributed by atoms with van der Waals surface area (Å²) in [4.78, 5) is 33.3. The van der Waals surface area contributed by atoms with Crippen LogP contribution in [0.3, 0.4) is 0 Å². The number of amides is 1. The fourth-order valence-corrected chi connectivity index (χ4v) is 1.93. The lowest BCUT2D eigenvalue weighted by Crippen LogP contribution is -2.19. The number of benzene rings is 1. The first-order chi connectivity index (χ1) is 10.3. The predicted molar refractivity (Wildman–Crippen MR) is 76.2 cm³/mol. The Morgan fingerprint density at radius 2 is 2.14 bits per heavy atom. The molecule has 0 atom stereocenters. The highest BCUT2D eigenvalue weighted by molar-refractivity contribution is 6.34. The van der Waals surface area contributed by atoms with Gasteiger partial charge in [0.15, 0.2) is 0 Å². The number of nitrogens with zero attached hydrogens (tertiary/aromatic N) is 3. The molecular weight excluding hydrogens is 316 g/mol. The molecule has 2 aromatic rings. The Morgan fingerprint density at radius 1 is 1.45 bits per heavy atom. The Balaban J connectivity index is 2.38. The van der Waals surface area contributed by atoms with Gasteiger partial charge in [0.1, 0.15) is 11.3 Å². The lowest BCUT2D eigenvalue weighted by atomic mass is 10.2. The minimum atomic E-state index is -1.32. The van der Waals surface area contributed by atoms with Crippen molar-refractivity contribution in [1.82, 2.24) is 9.78 Å². The molecule has 1 heterocycles. The maximum atomic E-state index is 12.2. The molecule has 0 aliphatic heterocycles. The Hall–Kier alpha value is -2.94. The zero-order valence-corrected chi connectivity index (χ0v) is 11.9. The molecule has 9 nitrogen and oxygen atoms in total. The third kappa shape index (κ3) is 2.88. The van der Waals surface area contributed by atoms with E-state index < -0.39 is 16.8 Å². The fraction of sp³-hybridized carbons (Fsp3) is 0.0833. The highest BCUT2D eigenvalue weighted by atomic mass is 35.5. The van der Waals surface area contributed by atoms with Crippen LogP contribution in [-0.2, 0) is 7.05 Å². The van der Waals surface area contributed by atoms with Crippen LogP contribution >= 0.6 is 11.6 Å². The van der Waals surface area contributed by atoms with Crippen LogP contribution in [-0.4, -0.2) is 31.7 Å². The fourth-order valence-electron chi connectivity index (χ4n) is 1.77. The minimum Gasteiger partial charge on any atom is -0.478 e. The van der Waals surface area contributed by atoms with Gasteiger partial charge in [0.25, 0.3) is 11.6 Å². The molecule has 22 heavy (non-hydrogen) atoms. The Morgan fingerprint density at radius 3 is 2.73 bits per heavy atom. The third-order valence-electron chi connectivity index (χ3n) is 2.79. The average molecular weight is 325 g/mol. The number of aryl methyl sites for hydroxylation is 1. The van der Waals surface area contributed by atoms with Gasteiger partial charge < -0.3 is 10.4 Å². The Bertz CT molecular complexity index is 786. The van der Waals surface area contributed by atoms with Crippen molar-refractivity contribution in [3.8, 4) is 0 Å². The first-order valence-corrected chi connectivity index (χ1v) is 6.19. The maximum absolute atomic E-state index is 12.2. The van der Waals surface area contributed by atoms with E-state index in [9.17, 15) is 19.7 Å². The number of hydrogen-bond donors (Lipinski definition) is 2. The molecule has 1 aromatic heterocycles. The standard InChI is InChI=1S/C12H9ClN4O5/c1-16-10(7(5-14-16)12(19)20)11(18)15-9-4-6(17(21)22)2-3-8(9)13/h2-5H,1H3,(H,15,18)(H,19,20). The lowest BCUT2D eigenvalue weighted by molar-refractivity contribution is -0.384. The van der Waals surface area contributed by atoms with E-state index in [2.05, 4.69) is 10.4 Å². The number of rotatable bonds is 4. The van der Waals surface area contributed by atoms with Crippen LogP contribution in [0, 0.1) is 10.1 Å². The van der Waals surface area contributed by atoms with Crippen LogP contribution in [0.25, 0.3) is 0 Å². The number of aromatic nitrogens is 2. The Labute approximate surface area is 128 Å². The monoisotopic (exact) mass is 324 g/mol. The first kappa shape index (κ1) is 15.4. The van der Waals surface area contributed by atoms with Gasteiger partial charge in [-0.1, -0.05) is 11.6 Å². The van der Waals surface area contributed by atoms with Gasteiger partial charge in [-0.05, 0) is 6.07 Å². The second-order valence-electron chi connectivity index (χ2n) is 4.21. The van der Waals surface area contributed by atoms with Crippen LogP contribution in [0.1, 0.15) is 20.8 Å². The van der Waals surface area contributed by atoms with Gasteiger partial charge in [0, 0.05) is 19.2 Å². The van der Waals surface area contributed by atoms with E-state index in [4.69, 9.17) is 16.7 Å². The summed E-state index contributed by atoms with van der Waals surface area (Å²) in [5, 5.41) is 25.9. The summed E-state index contributed by atoms with van der Waals surface area (Å²) < 4.78 is 1.09. The van der Waals surface area contributed by atoms with Crippen molar-refractivity contribution in [2.45, 2.75) is 0 Å². The molecule has 0 spiro atoms. The molecule has 0 fully saturated rings. The second-order valence-corrected chi connectivity index (χ2v) is 4.62. The van der Waals surface area contributed by atoms with E-state index >= 15 is 0 Å². The third-order valence-corrected chi connectivity index (χ3v) is 3.12. The maximum Gasteiger partial charge on any atom is 0.339 e. The summed E-state index contributed by atoms with van der Waals surface area (Å²) in [7, 11) is 1.40. The summed E-state index contributed by atoms with van der Waals surface area (Å²) in [6, 6.07) is 3.53. The number of nitro groups is 1. The van der Waals surface area contributed by atoms with Crippen molar-refractivity contribution in [3.05, 3.63) is 50.8 Å². The zero-order valence-electron chi connectivity index (χ0n) is 11.1. The molecule has 10 heteroatoms. The van der Waals surface area contributed by atoms with Gasteiger partial charge in [-0.3, -0.25) is 19.6 Å². The number of carbonyl (C=O) groups is 2. The summed E-state index contributed by atoms with van der Waals surface area (Å²) in [6.07, 6.45) is 1.03. The summed E-state index contributed by atoms with van der Waals surface area (Å²) >= 11 is 5.87. The van der Waals surface area contributed by atoms with Crippen LogP contribution in [0.2, 0.25) is 5.02 Å². The van der Waals surface area contributed by atoms with Crippen molar-refractivity contribution in [2.75, 3.05) is 5.32 Å². The SMILES string of the molecule is Cn1ncc(C(=O)O)c1C(=O)Nc1cc([N+](=O)[O-])ccc1Cl. The van der Waals surface area contributed by atoms with Crippen molar-refractivity contribution < 1.29 is 19.6 Å². The van der Waals surface area contributed by atoms with E-state index in [0.717, 1.165) is 16.9 Å². The van der Waals surface area contributed by atoms with Crippen LogP contribution in [0.4, 0.5) is 11.4 Å². The second kappa shape index (κ2) is 5.82. The molecular formula is C12H9ClN4O5. The number of hydrogen-bond acceptors (Lipinski definition) is 5. The molecule has 2 rings (SSSR count). The molecule has 114 valence electrons. The number of carboxylic acids is 1. The number of nitro benzene ring substituents is 1. The van der Waals surface area contributed by atoms with Gasteiger partial charge in [0.05, 0.1) is 21.8 Å². The summed E-state index contributed by atoms with van der Waals surface area (Å²) in [6.45, 7) is 0. The number of halogens is 1. The first-order valence-electron chi connectivity index (χ1n) is 5.82. The quantitative estimate of drug-likeness (QED) is 0.653. The van der Waals surface area contributed by atoms with Crippen LogP contribution in [0.15, 0.2) is 24.4 Å². The van der Waals surface area contributed by atoms with Crippen molar-refractivity contribution in [3.63, 3.8) is 0 Å².